The number of halogens is 1. The van der Waals surface area contributed by atoms with E-state index in [0.29, 0.717) is 10.7 Å². The fraction of sp³-hybridized carbons (Fsp3) is 0.917. The van der Waals surface area contributed by atoms with Gasteiger partial charge in [0.05, 0.1) is 5.25 Å². The van der Waals surface area contributed by atoms with Gasteiger partial charge in [-0.3, -0.25) is 4.79 Å². The average Bonchev–Trinajstić information content (AvgIpc) is 2.73. The molecule has 1 N–H and O–H groups in total. The summed E-state index contributed by atoms with van der Waals surface area (Å²) in [6, 6.07) is 0. The zero-order valence-corrected chi connectivity index (χ0v) is 12.0. The van der Waals surface area contributed by atoms with Gasteiger partial charge in [0.15, 0.2) is 0 Å². The van der Waals surface area contributed by atoms with Crippen molar-refractivity contribution in [3.63, 3.8) is 0 Å². The van der Waals surface area contributed by atoms with Gasteiger partial charge in [-0.15, -0.1) is 11.8 Å². The van der Waals surface area contributed by atoms with Crippen LogP contribution in [-0.4, -0.2) is 28.3 Å². The van der Waals surface area contributed by atoms with Crippen molar-refractivity contribution in [3.05, 3.63) is 0 Å². The van der Waals surface area contributed by atoms with Crippen LogP contribution in [0.5, 0.6) is 0 Å². The molecule has 92 valence electrons. The Bertz CT molecular complexity index is 243. The zero-order valence-electron chi connectivity index (χ0n) is 9.58. The second kappa shape index (κ2) is 6.29. The van der Waals surface area contributed by atoms with Crippen LogP contribution < -0.4 is 5.32 Å². The first-order valence-corrected chi connectivity index (χ1v) is 8.25. The molecular formula is C12H20BrNOS. The minimum atomic E-state index is 0.231. The van der Waals surface area contributed by atoms with Crippen LogP contribution in [0, 0.1) is 5.92 Å². The van der Waals surface area contributed by atoms with E-state index >= 15 is 0 Å². The first-order chi connectivity index (χ1) is 7.75. The number of thioether (sulfide) groups is 1. The molecule has 2 fully saturated rings. The third-order valence-corrected chi connectivity index (χ3v) is 5.72. The maximum absolute atomic E-state index is 11.9. The van der Waals surface area contributed by atoms with Gasteiger partial charge in [-0.25, -0.2) is 0 Å². The molecule has 2 rings (SSSR count). The highest BCUT2D eigenvalue weighted by Crippen LogP contribution is 2.30. The van der Waals surface area contributed by atoms with E-state index in [1.165, 1.54) is 32.1 Å². The molecule has 1 heterocycles. The summed E-state index contributed by atoms with van der Waals surface area (Å²) in [4.78, 5) is 12.6. The van der Waals surface area contributed by atoms with Crippen LogP contribution >= 0.6 is 27.7 Å². The quantitative estimate of drug-likeness (QED) is 0.812. The van der Waals surface area contributed by atoms with E-state index in [0.717, 1.165) is 18.7 Å². The lowest BCUT2D eigenvalue weighted by molar-refractivity contribution is -0.120. The predicted molar refractivity (Wildman–Crippen MR) is 73.2 cm³/mol. The molecule has 1 amide bonds. The minimum Gasteiger partial charge on any atom is -0.355 e. The monoisotopic (exact) mass is 305 g/mol. The van der Waals surface area contributed by atoms with Gasteiger partial charge in [0.2, 0.25) is 5.91 Å². The summed E-state index contributed by atoms with van der Waals surface area (Å²) in [5.74, 6) is 2.13. The molecule has 0 spiro atoms. The number of rotatable bonds is 3. The molecule has 3 unspecified atom stereocenters. The smallest absolute Gasteiger partial charge is 0.233 e. The van der Waals surface area contributed by atoms with Crippen LogP contribution in [0.3, 0.4) is 0 Å². The molecule has 1 aliphatic heterocycles. The Labute approximate surface area is 110 Å². The Morgan fingerprint density at radius 2 is 2.19 bits per heavy atom. The molecule has 1 aliphatic carbocycles. The number of carbonyl (C=O) groups is 1. The third-order valence-electron chi connectivity index (χ3n) is 3.51. The van der Waals surface area contributed by atoms with Crippen molar-refractivity contribution < 1.29 is 4.79 Å². The van der Waals surface area contributed by atoms with Crippen molar-refractivity contribution in [1.29, 1.82) is 0 Å². The van der Waals surface area contributed by atoms with Gasteiger partial charge in [0.25, 0.3) is 0 Å². The van der Waals surface area contributed by atoms with Crippen LogP contribution in [0.25, 0.3) is 0 Å². The number of alkyl halides is 1. The highest BCUT2D eigenvalue weighted by molar-refractivity contribution is 9.09. The summed E-state index contributed by atoms with van der Waals surface area (Å²) < 4.78 is 0. The molecule has 1 saturated carbocycles. The Hall–Kier alpha value is 0.300. The normalized spacial score (nSPS) is 34.9. The van der Waals surface area contributed by atoms with E-state index in [2.05, 4.69) is 21.2 Å². The van der Waals surface area contributed by atoms with Crippen molar-refractivity contribution in [3.8, 4) is 0 Å². The second-order valence-electron chi connectivity index (χ2n) is 4.88. The van der Waals surface area contributed by atoms with E-state index in [1.807, 2.05) is 11.8 Å². The van der Waals surface area contributed by atoms with Gasteiger partial charge < -0.3 is 5.32 Å². The lowest BCUT2D eigenvalue weighted by atomic mass is 10.1. The van der Waals surface area contributed by atoms with Gasteiger partial charge in [0.1, 0.15) is 0 Å². The van der Waals surface area contributed by atoms with Crippen molar-refractivity contribution in [2.75, 3.05) is 12.3 Å². The number of hydrogen-bond donors (Lipinski definition) is 1. The topological polar surface area (TPSA) is 29.1 Å². The van der Waals surface area contributed by atoms with E-state index in [1.54, 1.807) is 0 Å². The van der Waals surface area contributed by atoms with Crippen LogP contribution in [0.1, 0.15) is 38.5 Å². The Morgan fingerprint density at radius 3 is 2.81 bits per heavy atom. The molecule has 0 aromatic rings. The van der Waals surface area contributed by atoms with Gasteiger partial charge in [0, 0.05) is 11.4 Å². The number of hydrogen-bond acceptors (Lipinski definition) is 2. The van der Waals surface area contributed by atoms with Crippen LogP contribution in [0.4, 0.5) is 0 Å². The van der Waals surface area contributed by atoms with Gasteiger partial charge in [-0.1, -0.05) is 22.4 Å². The molecule has 4 heteroatoms. The second-order valence-corrected chi connectivity index (χ2v) is 7.48. The molecule has 1 saturated heterocycles. The van der Waals surface area contributed by atoms with Crippen molar-refractivity contribution in [2.24, 2.45) is 5.92 Å². The van der Waals surface area contributed by atoms with E-state index in [9.17, 15) is 4.79 Å². The molecular weight excluding hydrogens is 286 g/mol. The lowest BCUT2D eigenvalue weighted by Gasteiger charge is -2.21. The fourth-order valence-corrected chi connectivity index (χ4v) is 4.52. The SMILES string of the molecule is O=C(NCC1CCC(Br)C1)C1CCCCS1. The molecule has 0 aromatic heterocycles. The van der Waals surface area contributed by atoms with Crippen molar-refractivity contribution in [2.45, 2.75) is 48.6 Å². The summed E-state index contributed by atoms with van der Waals surface area (Å²) in [6.07, 6.45) is 7.31. The van der Waals surface area contributed by atoms with Crippen molar-refractivity contribution in [1.82, 2.24) is 5.32 Å². The van der Waals surface area contributed by atoms with Gasteiger partial charge >= 0.3 is 0 Å². The lowest BCUT2D eigenvalue weighted by Crippen LogP contribution is -2.36. The number of amides is 1. The van der Waals surface area contributed by atoms with Crippen LogP contribution in [0.2, 0.25) is 0 Å². The Kier molecular flexibility index (Phi) is 5.01. The molecule has 0 radical (unpaired) electrons. The Morgan fingerprint density at radius 1 is 1.31 bits per heavy atom. The average molecular weight is 306 g/mol. The molecule has 3 atom stereocenters. The maximum Gasteiger partial charge on any atom is 0.233 e. The third kappa shape index (κ3) is 3.66. The van der Waals surface area contributed by atoms with Crippen molar-refractivity contribution >= 4 is 33.6 Å². The first kappa shape index (κ1) is 12.7. The largest absolute Gasteiger partial charge is 0.355 e. The van der Waals surface area contributed by atoms with E-state index in [4.69, 9.17) is 0 Å². The molecule has 2 nitrogen and oxygen atoms in total. The zero-order chi connectivity index (χ0) is 11.4. The standard InChI is InChI=1S/C12H20BrNOS/c13-10-5-4-9(7-10)8-14-12(15)11-3-1-2-6-16-11/h9-11H,1-8H2,(H,14,15). The highest BCUT2D eigenvalue weighted by atomic mass is 79.9. The summed E-state index contributed by atoms with van der Waals surface area (Å²) in [6.45, 7) is 0.887. The van der Waals surface area contributed by atoms with E-state index in [-0.39, 0.29) is 11.2 Å². The predicted octanol–water partition coefficient (Wildman–Crippen LogP) is 2.95. The minimum absolute atomic E-state index is 0.231. The Balaban J connectivity index is 1.66. The summed E-state index contributed by atoms with van der Waals surface area (Å²) in [5.41, 5.74) is 0. The summed E-state index contributed by atoms with van der Waals surface area (Å²) >= 11 is 5.48. The van der Waals surface area contributed by atoms with Crippen LogP contribution in [0.15, 0.2) is 0 Å². The molecule has 0 aromatic carbocycles. The number of nitrogens with one attached hydrogen (secondary N) is 1. The fourth-order valence-electron chi connectivity index (χ4n) is 2.51. The van der Waals surface area contributed by atoms with Crippen LogP contribution in [-0.2, 0) is 4.79 Å². The summed E-state index contributed by atoms with van der Waals surface area (Å²) in [5, 5.41) is 3.37. The highest BCUT2D eigenvalue weighted by Gasteiger charge is 2.25. The molecule has 16 heavy (non-hydrogen) atoms. The molecule has 2 aliphatic rings. The van der Waals surface area contributed by atoms with E-state index < -0.39 is 0 Å². The number of carbonyl (C=O) groups excluding carboxylic acids is 1. The maximum atomic E-state index is 11.9. The summed E-state index contributed by atoms with van der Waals surface area (Å²) in [7, 11) is 0. The van der Waals surface area contributed by atoms with Gasteiger partial charge in [-0.05, 0) is 43.8 Å². The molecule has 0 bridgehead atoms. The van der Waals surface area contributed by atoms with Gasteiger partial charge in [-0.2, -0.15) is 0 Å². The first-order valence-electron chi connectivity index (χ1n) is 6.29.